The monoisotopic (exact) mass is 281 g/mol. The fourth-order valence-electron chi connectivity index (χ4n) is 2.27. The van der Waals surface area contributed by atoms with Crippen LogP contribution in [0.5, 0.6) is 0 Å². The molecule has 1 saturated heterocycles. The van der Waals surface area contributed by atoms with Gasteiger partial charge in [-0.05, 0) is 30.2 Å². The summed E-state index contributed by atoms with van der Waals surface area (Å²) < 4.78 is 0. The Bertz CT molecular complexity index is 519. The highest BCUT2D eigenvalue weighted by Gasteiger charge is 2.32. The zero-order chi connectivity index (χ0) is 14.0. The van der Waals surface area contributed by atoms with Gasteiger partial charge in [-0.3, -0.25) is 19.8 Å². The Kier molecular flexibility index (Phi) is 4.07. The van der Waals surface area contributed by atoms with E-state index >= 15 is 0 Å². The van der Waals surface area contributed by atoms with Crippen LogP contribution in [0.2, 0.25) is 5.02 Å². The topological polar surface area (TPSA) is 75.4 Å². The van der Waals surface area contributed by atoms with E-state index < -0.39 is 0 Å². The molecule has 0 aromatic heterocycles. The second-order valence-corrected chi connectivity index (χ2v) is 5.00. The lowest BCUT2D eigenvalue weighted by atomic mass is 10.1. The summed E-state index contributed by atoms with van der Waals surface area (Å²) >= 11 is 6.11. The van der Waals surface area contributed by atoms with Crippen LogP contribution in [-0.4, -0.2) is 29.3 Å². The van der Waals surface area contributed by atoms with E-state index in [9.17, 15) is 9.59 Å². The van der Waals surface area contributed by atoms with Crippen LogP contribution in [0.3, 0.4) is 0 Å². The molecule has 6 heteroatoms. The van der Waals surface area contributed by atoms with Crippen LogP contribution in [0.1, 0.15) is 18.9 Å². The number of nitrogen functional groups attached to an aromatic ring is 1. The van der Waals surface area contributed by atoms with Crippen LogP contribution in [0, 0.1) is 0 Å². The number of piperazine rings is 1. The third-order valence-corrected chi connectivity index (χ3v) is 3.55. The van der Waals surface area contributed by atoms with Gasteiger partial charge in [0.2, 0.25) is 11.8 Å². The predicted octanol–water partition coefficient (Wildman–Crippen LogP) is 1.16. The van der Waals surface area contributed by atoms with Gasteiger partial charge in [-0.2, -0.15) is 0 Å². The van der Waals surface area contributed by atoms with Gasteiger partial charge in [0, 0.05) is 17.3 Å². The number of hydrogen-bond acceptors (Lipinski definition) is 4. The minimum absolute atomic E-state index is 0.190. The van der Waals surface area contributed by atoms with Crippen molar-refractivity contribution in [3.8, 4) is 0 Å². The molecule has 5 nitrogen and oxygen atoms in total. The minimum Gasteiger partial charge on any atom is -0.399 e. The number of anilines is 1. The van der Waals surface area contributed by atoms with Crippen molar-refractivity contribution in [2.75, 3.05) is 12.3 Å². The first kappa shape index (κ1) is 13.8. The van der Waals surface area contributed by atoms with Gasteiger partial charge in [0.15, 0.2) is 0 Å². The molecular formula is C13H16ClN3O2. The predicted molar refractivity (Wildman–Crippen MR) is 73.5 cm³/mol. The number of halogens is 1. The molecule has 0 bridgehead atoms. The van der Waals surface area contributed by atoms with E-state index in [2.05, 4.69) is 5.32 Å². The Morgan fingerprint density at radius 2 is 2.21 bits per heavy atom. The molecule has 1 aliphatic rings. The number of imide groups is 1. The average Bonchev–Trinajstić information content (AvgIpc) is 2.33. The Morgan fingerprint density at radius 3 is 2.89 bits per heavy atom. The molecule has 1 aliphatic heterocycles. The summed E-state index contributed by atoms with van der Waals surface area (Å²) in [6.45, 7) is 2.53. The molecule has 1 atom stereocenters. The number of benzene rings is 1. The maximum absolute atomic E-state index is 11.8. The lowest BCUT2D eigenvalue weighted by molar-refractivity contribution is -0.140. The van der Waals surface area contributed by atoms with Gasteiger partial charge in [-0.25, -0.2) is 0 Å². The van der Waals surface area contributed by atoms with Gasteiger partial charge in [-0.15, -0.1) is 0 Å². The van der Waals surface area contributed by atoms with E-state index in [1.165, 1.54) is 0 Å². The first-order valence-electron chi connectivity index (χ1n) is 6.13. The van der Waals surface area contributed by atoms with Crippen molar-refractivity contribution >= 4 is 29.1 Å². The zero-order valence-electron chi connectivity index (χ0n) is 10.6. The molecule has 0 radical (unpaired) electrons. The van der Waals surface area contributed by atoms with Gasteiger partial charge in [0.05, 0.1) is 12.6 Å². The summed E-state index contributed by atoms with van der Waals surface area (Å²) in [5.41, 5.74) is 7.16. The molecular weight excluding hydrogens is 266 g/mol. The summed E-state index contributed by atoms with van der Waals surface area (Å²) in [5.74, 6) is -0.534. The average molecular weight is 282 g/mol. The van der Waals surface area contributed by atoms with E-state index in [1.54, 1.807) is 18.2 Å². The third kappa shape index (κ3) is 3.05. The molecule has 1 aromatic carbocycles. The fourth-order valence-corrected chi connectivity index (χ4v) is 2.44. The highest BCUT2D eigenvalue weighted by molar-refractivity contribution is 6.31. The Morgan fingerprint density at radius 1 is 1.47 bits per heavy atom. The van der Waals surface area contributed by atoms with Gasteiger partial charge >= 0.3 is 0 Å². The van der Waals surface area contributed by atoms with E-state index in [1.807, 2.05) is 11.8 Å². The van der Waals surface area contributed by atoms with Crippen molar-refractivity contribution in [3.05, 3.63) is 28.8 Å². The van der Waals surface area contributed by atoms with Gasteiger partial charge in [0.1, 0.15) is 0 Å². The van der Waals surface area contributed by atoms with Crippen LogP contribution < -0.4 is 11.1 Å². The number of amides is 2. The molecule has 1 unspecified atom stereocenters. The van der Waals surface area contributed by atoms with E-state index in [0.29, 0.717) is 23.7 Å². The molecule has 0 spiro atoms. The highest BCUT2D eigenvalue weighted by Crippen LogP contribution is 2.22. The summed E-state index contributed by atoms with van der Waals surface area (Å²) in [6, 6.07) is 4.90. The largest absolute Gasteiger partial charge is 0.399 e. The van der Waals surface area contributed by atoms with Crippen molar-refractivity contribution in [1.29, 1.82) is 0 Å². The number of nitrogens with one attached hydrogen (secondary N) is 1. The van der Waals surface area contributed by atoms with Crippen LogP contribution in [0.15, 0.2) is 18.2 Å². The molecule has 0 aliphatic carbocycles. The molecule has 19 heavy (non-hydrogen) atoms. The van der Waals surface area contributed by atoms with E-state index in [4.69, 9.17) is 17.3 Å². The molecule has 102 valence electrons. The lowest BCUT2D eigenvalue weighted by Gasteiger charge is -2.33. The van der Waals surface area contributed by atoms with Gasteiger partial charge < -0.3 is 5.73 Å². The molecule has 3 N–H and O–H groups in total. The number of rotatable bonds is 3. The van der Waals surface area contributed by atoms with Crippen molar-refractivity contribution < 1.29 is 9.59 Å². The first-order chi connectivity index (χ1) is 9.01. The second kappa shape index (κ2) is 5.59. The maximum atomic E-state index is 11.8. The smallest absolute Gasteiger partial charge is 0.243 e. The number of hydrogen-bond donors (Lipinski definition) is 2. The highest BCUT2D eigenvalue weighted by atomic mass is 35.5. The lowest BCUT2D eigenvalue weighted by Crippen LogP contribution is -2.57. The van der Waals surface area contributed by atoms with Crippen molar-refractivity contribution in [2.45, 2.75) is 25.9 Å². The number of carbonyl (C=O) groups is 2. The van der Waals surface area contributed by atoms with Crippen LogP contribution >= 0.6 is 11.6 Å². The molecule has 0 saturated carbocycles. The van der Waals surface area contributed by atoms with Crippen molar-refractivity contribution in [3.63, 3.8) is 0 Å². The molecule has 2 amide bonds. The number of nitrogens with zero attached hydrogens (tertiary/aromatic N) is 1. The van der Waals surface area contributed by atoms with E-state index in [-0.39, 0.29) is 24.4 Å². The third-order valence-electron chi connectivity index (χ3n) is 3.18. The fraction of sp³-hybridized carbons (Fsp3) is 0.385. The molecule has 1 fully saturated rings. The summed E-state index contributed by atoms with van der Waals surface area (Å²) in [5, 5.41) is 2.93. The molecule has 1 heterocycles. The standard InChI is InChI=1S/C13H16ClN3O2/c1-2-11-13(19)16-12(18)7-17(11)6-8-5-9(15)3-4-10(8)14/h3-5,11H,2,6-7,15H2,1H3,(H,16,18,19). The quantitative estimate of drug-likeness (QED) is 0.644. The Hall–Kier alpha value is -1.59. The van der Waals surface area contributed by atoms with E-state index in [0.717, 1.165) is 5.56 Å². The summed E-state index contributed by atoms with van der Waals surface area (Å²) in [4.78, 5) is 25.0. The van der Waals surface area contributed by atoms with Crippen LogP contribution in [0.4, 0.5) is 5.69 Å². The normalized spacial score (nSPS) is 20.4. The first-order valence-corrected chi connectivity index (χ1v) is 6.50. The van der Waals surface area contributed by atoms with Gasteiger partial charge in [-0.1, -0.05) is 18.5 Å². The van der Waals surface area contributed by atoms with Crippen molar-refractivity contribution in [2.24, 2.45) is 0 Å². The number of nitrogens with two attached hydrogens (primary N) is 1. The Labute approximate surface area is 116 Å². The zero-order valence-corrected chi connectivity index (χ0v) is 11.4. The van der Waals surface area contributed by atoms with Crippen molar-refractivity contribution in [1.82, 2.24) is 10.2 Å². The SMILES string of the molecule is CCC1C(=O)NC(=O)CN1Cc1cc(N)ccc1Cl. The van der Waals surface area contributed by atoms with Crippen LogP contribution in [0.25, 0.3) is 0 Å². The second-order valence-electron chi connectivity index (χ2n) is 4.59. The maximum Gasteiger partial charge on any atom is 0.243 e. The minimum atomic E-state index is -0.310. The molecule has 1 aromatic rings. The van der Waals surface area contributed by atoms with Gasteiger partial charge in [0.25, 0.3) is 0 Å². The summed E-state index contributed by atoms with van der Waals surface area (Å²) in [6.07, 6.45) is 0.638. The van der Waals surface area contributed by atoms with Crippen LogP contribution in [-0.2, 0) is 16.1 Å². The molecule has 2 rings (SSSR count). The Balaban J connectivity index is 2.22. The summed E-state index contributed by atoms with van der Waals surface area (Å²) in [7, 11) is 0. The number of carbonyl (C=O) groups excluding carboxylic acids is 2.